The predicted molar refractivity (Wildman–Crippen MR) is 72.9 cm³/mol. The molecule has 1 heterocycles. The van der Waals surface area contributed by atoms with Crippen LogP contribution in [0.15, 0.2) is 39.8 Å². The standard InChI is InChI=1S/C13H15FN2O3S/c1-9-10(5-6-19-9)8-16(2)20(17,18)11-3-4-12(14)13(15)7-11/h3-7H,8,15H2,1-2H3. The van der Waals surface area contributed by atoms with Crippen molar-refractivity contribution in [3.8, 4) is 0 Å². The molecule has 0 aliphatic rings. The summed E-state index contributed by atoms with van der Waals surface area (Å²) >= 11 is 0. The smallest absolute Gasteiger partial charge is 0.243 e. The van der Waals surface area contributed by atoms with Gasteiger partial charge in [0.2, 0.25) is 10.0 Å². The molecule has 0 saturated carbocycles. The van der Waals surface area contributed by atoms with E-state index in [0.717, 1.165) is 22.0 Å². The Kier molecular flexibility index (Phi) is 3.82. The van der Waals surface area contributed by atoms with Crippen LogP contribution in [0.3, 0.4) is 0 Å². The number of hydrogen-bond acceptors (Lipinski definition) is 4. The molecule has 20 heavy (non-hydrogen) atoms. The number of sulfonamides is 1. The zero-order valence-electron chi connectivity index (χ0n) is 11.1. The molecule has 0 fully saturated rings. The van der Waals surface area contributed by atoms with Crippen LogP contribution in [-0.4, -0.2) is 19.8 Å². The summed E-state index contributed by atoms with van der Waals surface area (Å²) in [7, 11) is -2.28. The van der Waals surface area contributed by atoms with Crippen molar-refractivity contribution in [1.82, 2.24) is 4.31 Å². The fourth-order valence-electron chi connectivity index (χ4n) is 1.76. The van der Waals surface area contributed by atoms with Gasteiger partial charge in [-0.25, -0.2) is 12.8 Å². The Morgan fingerprint density at radius 1 is 1.35 bits per heavy atom. The van der Waals surface area contributed by atoms with E-state index in [2.05, 4.69) is 0 Å². The van der Waals surface area contributed by atoms with E-state index in [1.54, 1.807) is 13.0 Å². The zero-order chi connectivity index (χ0) is 14.9. The Hall–Kier alpha value is -1.86. The first-order chi connectivity index (χ1) is 9.32. The first-order valence-electron chi connectivity index (χ1n) is 5.86. The molecule has 0 bridgehead atoms. The van der Waals surface area contributed by atoms with Crippen molar-refractivity contribution in [3.05, 3.63) is 47.7 Å². The summed E-state index contributed by atoms with van der Waals surface area (Å²) in [6.45, 7) is 1.92. The van der Waals surface area contributed by atoms with Crippen LogP contribution in [0.5, 0.6) is 0 Å². The van der Waals surface area contributed by atoms with Gasteiger partial charge in [0.15, 0.2) is 0 Å². The molecular weight excluding hydrogens is 283 g/mol. The van der Waals surface area contributed by atoms with Crippen molar-refractivity contribution in [2.75, 3.05) is 12.8 Å². The van der Waals surface area contributed by atoms with Crippen LogP contribution in [0.1, 0.15) is 11.3 Å². The fraction of sp³-hybridized carbons (Fsp3) is 0.231. The highest BCUT2D eigenvalue weighted by Gasteiger charge is 2.22. The first kappa shape index (κ1) is 14.5. The van der Waals surface area contributed by atoms with Crippen LogP contribution in [-0.2, 0) is 16.6 Å². The van der Waals surface area contributed by atoms with E-state index in [0.29, 0.717) is 5.76 Å². The van der Waals surface area contributed by atoms with Crippen LogP contribution in [0, 0.1) is 12.7 Å². The van der Waals surface area contributed by atoms with Crippen LogP contribution >= 0.6 is 0 Å². The number of nitrogens with zero attached hydrogens (tertiary/aromatic N) is 1. The van der Waals surface area contributed by atoms with Crippen LogP contribution in [0.2, 0.25) is 0 Å². The van der Waals surface area contributed by atoms with Crippen molar-refractivity contribution in [2.24, 2.45) is 0 Å². The lowest BCUT2D eigenvalue weighted by Gasteiger charge is -2.17. The van der Waals surface area contributed by atoms with Crippen molar-refractivity contribution in [3.63, 3.8) is 0 Å². The van der Waals surface area contributed by atoms with Crippen molar-refractivity contribution in [1.29, 1.82) is 0 Å². The van der Waals surface area contributed by atoms with Gasteiger partial charge in [-0.15, -0.1) is 0 Å². The molecule has 0 aliphatic heterocycles. The first-order valence-corrected chi connectivity index (χ1v) is 7.30. The predicted octanol–water partition coefficient (Wildman–Crippen LogP) is 2.13. The Morgan fingerprint density at radius 2 is 2.05 bits per heavy atom. The third kappa shape index (κ3) is 2.68. The topological polar surface area (TPSA) is 76.5 Å². The summed E-state index contributed by atoms with van der Waals surface area (Å²) in [6.07, 6.45) is 1.50. The van der Waals surface area contributed by atoms with Crippen LogP contribution in [0.4, 0.5) is 10.1 Å². The highest BCUT2D eigenvalue weighted by Crippen LogP contribution is 2.21. The lowest BCUT2D eigenvalue weighted by atomic mass is 10.3. The Bertz CT molecular complexity index is 725. The van der Waals surface area contributed by atoms with Gasteiger partial charge in [0.05, 0.1) is 16.8 Å². The van der Waals surface area contributed by atoms with Gasteiger partial charge in [-0.1, -0.05) is 0 Å². The summed E-state index contributed by atoms with van der Waals surface area (Å²) < 4.78 is 44.1. The SMILES string of the molecule is Cc1occc1CN(C)S(=O)(=O)c1ccc(F)c(N)c1. The quantitative estimate of drug-likeness (QED) is 0.877. The van der Waals surface area contributed by atoms with E-state index in [-0.39, 0.29) is 17.1 Å². The maximum absolute atomic E-state index is 13.1. The Morgan fingerprint density at radius 3 is 2.60 bits per heavy atom. The Balaban J connectivity index is 2.29. The summed E-state index contributed by atoms with van der Waals surface area (Å²) in [5, 5.41) is 0. The molecule has 2 aromatic rings. The number of benzene rings is 1. The largest absolute Gasteiger partial charge is 0.469 e. The molecule has 0 aliphatic carbocycles. The number of hydrogen-bond donors (Lipinski definition) is 1. The molecule has 108 valence electrons. The second kappa shape index (κ2) is 5.26. The van der Waals surface area contributed by atoms with E-state index >= 15 is 0 Å². The van der Waals surface area contributed by atoms with E-state index in [1.807, 2.05) is 0 Å². The highest BCUT2D eigenvalue weighted by molar-refractivity contribution is 7.89. The van der Waals surface area contributed by atoms with Crippen molar-refractivity contribution >= 4 is 15.7 Å². The fourth-order valence-corrected chi connectivity index (χ4v) is 2.95. The summed E-state index contributed by atoms with van der Waals surface area (Å²) in [6, 6.07) is 5.06. The molecule has 0 unspecified atom stereocenters. The minimum absolute atomic E-state index is 0.0416. The highest BCUT2D eigenvalue weighted by atomic mass is 32.2. The molecule has 5 nitrogen and oxygen atoms in total. The van der Waals surface area contributed by atoms with Gasteiger partial charge in [0.1, 0.15) is 11.6 Å². The second-order valence-corrected chi connectivity index (χ2v) is 6.49. The van der Waals surface area contributed by atoms with Crippen LogP contribution in [0.25, 0.3) is 0 Å². The molecule has 1 aromatic heterocycles. The Labute approximate surface area is 116 Å². The number of aryl methyl sites for hydroxylation is 1. The molecule has 0 radical (unpaired) electrons. The zero-order valence-corrected chi connectivity index (χ0v) is 11.9. The second-order valence-electron chi connectivity index (χ2n) is 4.45. The maximum Gasteiger partial charge on any atom is 0.243 e. The van der Waals surface area contributed by atoms with E-state index in [1.165, 1.54) is 19.4 Å². The molecule has 1 aromatic carbocycles. The van der Waals surface area contributed by atoms with Crippen molar-refractivity contribution in [2.45, 2.75) is 18.4 Å². The van der Waals surface area contributed by atoms with E-state index in [9.17, 15) is 12.8 Å². The molecule has 0 amide bonds. The maximum atomic E-state index is 13.1. The lowest BCUT2D eigenvalue weighted by molar-refractivity contribution is 0.459. The third-order valence-corrected chi connectivity index (χ3v) is 4.83. The van der Waals surface area contributed by atoms with E-state index in [4.69, 9.17) is 10.2 Å². The number of rotatable bonds is 4. The summed E-state index contributed by atoms with van der Waals surface area (Å²) in [5.74, 6) is 0.0166. The minimum Gasteiger partial charge on any atom is -0.469 e. The molecule has 0 atom stereocenters. The summed E-state index contributed by atoms with van der Waals surface area (Å²) in [4.78, 5) is -0.0416. The van der Waals surface area contributed by atoms with Gasteiger partial charge < -0.3 is 10.2 Å². The number of halogens is 1. The minimum atomic E-state index is -3.73. The van der Waals surface area contributed by atoms with Gasteiger partial charge in [-0.2, -0.15) is 4.31 Å². The van der Waals surface area contributed by atoms with E-state index < -0.39 is 15.8 Å². The number of anilines is 1. The average molecular weight is 298 g/mol. The molecular formula is C13H15FN2O3S. The number of nitrogen functional groups attached to an aromatic ring is 1. The molecule has 7 heteroatoms. The monoisotopic (exact) mass is 298 g/mol. The summed E-state index contributed by atoms with van der Waals surface area (Å²) in [5.41, 5.74) is 5.98. The van der Waals surface area contributed by atoms with Gasteiger partial charge in [-0.05, 0) is 31.2 Å². The normalized spacial score (nSPS) is 12.0. The van der Waals surface area contributed by atoms with Gasteiger partial charge in [-0.3, -0.25) is 0 Å². The third-order valence-electron chi connectivity index (χ3n) is 3.03. The van der Waals surface area contributed by atoms with Gasteiger partial charge >= 0.3 is 0 Å². The van der Waals surface area contributed by atoms with Crippen LogP contribution < -0.4 is 5.73 Å². The molecule has 0 spiro atoms. The average Bonchev–Trinajstić information content (AvgIpc) is 2.78. The van der Waals surface area contributed by atoms with Crippen molar-refractivity contribution < 1.29 is 17.2 Å². The number of nitrogens with two attached hydrogens (primary N) is 1. The molecule has 2 N–H and O–H groups in total. The molecule has 2 rings (SSSR count). The lowest BCUT2D eigenvalue weighted by Crippen LogP contribution is -2.26. The number of furan rings is 1. The van der Waals surface area contributed by atoms with Gasteiger partial charge in [0.25, 0.3) is 0 Å². The van der Waals surface area contributed by atoms with Gasteiger partial charge in [0, 0.05) is 19.2 Å². The molecule has 0 saturated heterocycles.